The topological polar surface area (TPSA) is 80.9 Å². The summed E-state index contributed by atoms with van der Waals surface area (Å²) >= 11 is 0. The molecule has 2 aromatic carbocycles. The molecule has 1 amide bonds. The van der Waals surface area contributed by atoms with E-state index in [2.05, 4.69) is 15.0 Å². The van der Waals surface area contributed by atoms with Crippen molar-refractivity contribution in [3.63, 3.8) is 0 Å². The molecular weight excluding hydrogens is 408 g/mol. The third kappa shape index (κ3) is 5.26. The molecule has 3 aromatic rings. The fourth-order valence-corrected chi connectivity index (χ4v) is 3.69. The number of carbonyl (C=O) groups excluding carboxylic acids is 1. The van der Waals surface area contributed by atoms with Crippen molar-refractivity contribution in [2.45, 2.75) is 26.5 Å². The Morgan fingerprint density at radius 2 is 1.84 bits per heavy atom. The predicted molar refractivity (Wildman–Crippen MR) is 119 cm³/mol. The Labute approximate surface area is 187 Å². The second-order valence-corrected chi connectivity index (χ2v) is 7.92. The minimum absolute atomic E-state index is 0.00531. The Bertz CT molecular complexity index is 1040. The van der Waals surface area contributed by atoms with E-state index in [-0.39, 0.29) is 5.91 Å². The van der Waals surface area contributed by atoms with Gasteiger partial charge in [0.2, 0.25) is 11.7 Å². The Balaban J connectivity index is 1.27. The number of piperazine rings is 1. The quantitative estimate of drug-likeness (QED) is 0.563. The number of nitrogens with zero attached hydrogens (tertiary/aromatic N) is 4. The molecule has 1 saturated heterocycles. The number of aromatic nitrogens is 2. The first kappa shape index (κ1) is 21.8. The maximum atomic E-state index is 12.8. The van der Waals surface area contributed by atoms with E-state index in [1.54, 1.807) is 14.0 Å². The van der Waals surface area contributed by atoms with Gasteiger partial charge in [0.05, 0.1) is 13.7 Å². The molecule has 1 atom stereocenters. The molecule has 0 aliphatic carbocycles. The van der Waals surface area contributed by atoms with Gasteiger partial charge in [0.25, 0.3) is 5.91 Å². The highest BCUT2D eigenvalue weighted by Crippen LogP contribution is 2.20. The summed E-state index contributed by atoms with van der Waals surface area (Å²) < 4.78 is 16.5. The summed E-state index contributed by atoms with van der Waals surface area (Å²) in [5.74, 6) is 2.62. The standard InChI is InChI=1S/C24H28N4O4/c1-17-5-4-6-21(15-17)31-18(2)24(29)28-13-11-27(12-14-28)16-22-25-23(26-32-22)19-7-9-20(30-3)10-8-19/h4-10,15,18H,11-14,16H2,1-3H3. The molecule has 4 rings (SSSR count). The van der Waals surface area contributed by atoms with E-state index >= 15 is 0 Å². The molecule has 1 unspecified atom stereocenters. The summed E-state index contributed by atoms with van der Waals surface area (Å²) in [5.41, 5.74) is 1.98. The summed E-state index contributed by atoms with van der Waals surface area (Å²) in [5, 5.41) is 4.09. The second-order valence-electron chi connectivity index (χ2n) is 7.92. The van der Waals surface area contributed by atoms with Crippen LogP contribution in [0.15, 0.2) is 53.1 Å². The van der Waals surface area contributed by atoms with E-state index in [4.69, 9.17) is 14.0 Å². The van der Waals surface area contributed by atoms with Crippen LogP contribution in [-0.4, -0.2) is 65.2 Å². The molecule has 0 spiro atoms. The van der Waals surface area contributed by atoms with Gasteiger partial charge in [-0.1, -0.05) is 17.3 Å². The first-order valence-corrected chi connectivity index (χ1v) is 10.7. The molecule has 8 heteroatoms. The van der Waals surface area contributed by atoms with E-state index in [1.807, 2.05) is 60.4 Å². The van der Waals surface area contributed by atoms with Crippen molar-refractivity contribution in [3.05, 3.63) is 60.0 Å². The highest BCUT2D eigenvalue weighted by molar-refractivity contribution is 5.81. The number of ether oxygens (including phenoxy) is 2. The second kappa shape index (κ2) is 9.82. The van der Waals surface area contributed by atoms with Gasteiger partial charge in [0, 0.05) is 31.7 Å². The minimum atomic E-state index is -0.522. The fourth-order valence-electron chi connectivity index (χ4n) is 3.69. The van der Waals surface area contributed by atoms with Gasteiger partial charge in [-0.25, -0.2) is 0 Å². The van der Waals surface area contributed by atoms with Crippen LogP contribution in [0.25, 0.3) is 11.4 Å². The van der Waals surface area contributed by atoms with Crippen molar-refractivity contribution in [2.75, 3.05) is 33.3 Å². The fraction of sp³-hybridized carbons (Fsp3) is 0.375. The number of rotatable bonds is 7. The molecule has 1 aliphatic rings. The Morgan fingerprint density at radius 1 is 1.09 bits per heavy atom. The van der Waals surface area contributed by atoms with E-state index < -0.39 is 6.10 Å². The van der Waals surface area contributed by atoms with Gasteiger partial charge < -0.3 is 18.9 Å². The van der Waals surface area contributed by atoms with Gasteiger partial charge in [0.1, 0.15) is 11.5 Å². The van der Waals surface area contributed by atoms with Crippen LogP contribution in [0, 0.1) is 6.92 Å². The van der Waals surface area contributed by atoms with Crippen molar-refractivity contribution in [2.24, 2.45) is 0 Å². The van der Waals surface area contributed by atoms with Gasteiger partial charge in [-0.3, -0.25) is 9.69 Å². The highest BCUT2D eigenvalue weighted by Gasteiger charge is 2.27. The number of hydrogen-bond donors (Lipinski definition) is 0. The van der Waals surface area contributed by atoms with Crippen molar-refractivity contribution >= 4 is 5.91 Å². The molecule has 32 heavy (non-hydrogen) atoms. The molecule has 168 valence electrons. The van der Waals surface area contributed by atoms with Gasteiger partial charge in [0.15, 0.2) is 6.10 Å². The monoisotopic (exact) mass is 436 g/mol. The molecule has 0 N–H and O–H groups in total. The van der Waals surface area contributed by atoms with E-state index in [0.29, 0.717) is 37.1 Å². The van der Waals surface area contributed by atoms with Crippen molar-refractivity contribution in [1.82, 2.24) is 19.9 Å². The molecule has 0 bridgehead atoms. The summed E-state index contributed by atoms with van der Waals surface area (Å²) in [6.45, 7) is 7.12. The van der Waals surface area contributed by atoms with Crippen LogP contribution in [-0.2, 0) is 11.3 Å². The number of aryl methyl sites for hydroxylation is 1. The Kier molecular flexibility index (Phi) is 6.70. The third-order valence-electron chi connectivity index (χ3n) is 5.51. The maximum absolute atomic E-state index is 12.8. The number of hydrogen-bond acceptors (Lipinski definition) is 7. The molecule has 8 nitrogen and oxygen atoms in total. The van der Waals surface area contributed by atoms with Crippen molar-refractivity contribution in [1.29, 1.82) is 0 Å². The molecule has 0 saturated carbocycles. The van der Waals surface area contributed by atoms with Gasteiger partial charge in [-0.05, 0) is 55.8 Å². The largest absolute Gasteiger partial charge is 0.497 e. The van der Waals surface area contributed by atoms with E-state index in [1.165, 1.54) is 0 Å². The van der Waals surface area contributed by atoms with Crippen LogP contribution in [0.3, 0.4) is 0 Å². The average Bonchev–Trinajstić information content (AvgIpc) is 3.27. The van der Waals surface area contributed by atoms with Gasteiger partial charge >= 0.3 is 0 Å². The smallest absolute Gasteiger partial charge is 0.263 e. The molecule has 1 fully saturated rings. The van der Waals surface area contributed by atoms with Crippen LogP contribution in [0.2, 0.25) is 0 Å². The van der Waals surface area contributed by atoms with Crippen LogP contribution in [0.5, 0.6) is 11.5 Å². The third-order valence-corrected chi connectivity index (χ3v) is 5.51. The summed E-state index contributed by atoms with van der Waals surface area (Å²) in [6.07, 6.45) is -0.522. The summed E-state index contributed by atoms with van der Waals surface area (Å²) in [4.78, 5) is 21.4. The van der Waals surface area contributed by atoms with Crippen LogP contribution in [0.4, 0.5) is 0 Å². The lowest BCUT2D eigenvalue weighted by molar-refractivity contribution is -0.139. The average molecular weight is 437 g/mol. The summed E-state index contributed by atoms with van der Waals surface area (Å²) in [7, 11) is 1.63. The van der Waals surface area contributed by atoms with Gasteiger partial charge in [-0.2, -0.15) is 4.98 Å². The van der Waals surface area contributed by atoms with Crippen LogP contribution in [0.1, 0.15) is 18.4 Å². The first-order valence-electron chi connectivity index (χ1n) is 10.7. The van der Waals surface area contributed by atoms with Crippen molar-refractivity contribution in [3.8, 4) is 22.9 Å². The molecular formula is C24H28N4O4. The minimum Gasteiger partial charge on any atom is -0.497 e. The predicted octanol–water partition coefficient (Wildman–Crippen LogP) is 3.17. The zero-order valence-electron chi connectivity index (χ0n) is 18.7. The molecule has 2 heterocycles. The zero-order valence-corrected chi connectivity index (χ0v) is 18.7. The lowest BCUT2D eigenvalue weighted by Crippen LogP contribution is -2.51. The number of carbonyl (C=O) groups is 1. The SMILES string of the molecule is COc1ccc(-c2noc(CN3CCN(C(=O)C(C)Oc4cccc(C)c4)CC3)n2)cc1. The van der Waals surface area contributed by atoms with Crippen molar-refractivity contribution < 1.29 is 18.8 Å². The number of benzene rings is 2. The first-order chi connectivity index (χ1) is 15.5. The molecule has 1 aliphatic heterocycles. The van der Waals surface area contributed by atoms with E-state index in [0.717, 1.165) is 30.0 Å². The lowest BCUT2D eigenvalue weighted by Gasteiger charge is -2.35. The lowest BCUT2D eigenvalue weighted by atomic mass is 10.2. The van der Waals surface area contributed by atoms with E-state index in [9.17, 15) is 4.79 Å². The zero-order chi connectivity index (χ0) is 22.5. The highest BCUT2D eigenvalue weighted by atomic mass is 16.5. The normalized spacial score (nSPS) is 15.4. The molecule has 0 radical (unpaired) electrons. The number of methoxy groups -OCH3 is 1. The number of amides is 1. The Morgan fingerprint density at radius 3 is 2.53 bits per heavy atom. The Hall–Kier alpha value is -3.39. The maximum Gasteiger partial charge on any atom is 0.263 e. The van der Waals surface area contributed by atoms with Crippen LogP contribution >= 0.6 is 0 Å². The molecule has 1 aromatic heterocycles. The van der Waals surface area contributed by atoms with Crippen LogP contribution < -0.4 is 9.47 Å². The van der Waals surface area contributed by atoms with Gasteiger partial charge in [-0.15, -0.1) is 0 Å². The summed E-state index contributed by atoms with van der Waals surface area (Å²) in [6, 6.07) is 15.3.